The lowest BCUT2D eigenvalue weighted by molar-refractivity contribution is 0.0208. The molecule has 1 aromatic heterocycles. The first-order chi connectivity index (χ1) is 14.6. The zero-order valence-corrected chi connectivity index (χ0v) is 17.0. The summed E-state index contributed by atoms with van der Waals surface area (Å²) in [6.45, 7) is 3.49. The second-order valence-corrected chi connectivity index (χ2v) is 7.60. The second-order valence-electron chi connectivity index (χ2n) is 7.60. The number of carbonyl (C=O) groups excluding carboxylic acids is 1. The van der Waals surface area contributed by atoms with Gasteiger partial charge in [-0.15, -0.1) is 0 Å². The van der Waals surface area contributed by atoms with Gasteiger partial charge in [-0.05, 0) is 17.5 Å². The van der Waals surface area contributed by atoms with Crippen LogP contribution in [0.5, 0.6) is 5.75 Å². The summed E-state index contributed by atoms with van der Waals surface area (Å²) in [5.74, 6) is 0.327. The topological polar surface area (TPSA) is 109 Å². The van der Waals surface area contributed by atoms with Gasteiger partial charge in [0, 0.05) is 26.2 Å². The molecule has 3 heterocycles. The number of anilines is 1. The fourth-order valence-electron chi connectivity index (χ4n) is 3.71. The molecule has 4 rings (SSSR count). The number of β-amino-alcohol motifs (C(OH)–C–C–N with tert-alkyl or cyclic N) is 1. The van der Waals surface area contributed by atoms with Crippen LogP contribution >= 0.6 is 0 Å². The number of ether oxygens (including phenoxy) is 2. The van der Waals surface area contributed by atoms with Gasteiger partial charge >= 0.3 is 0 Å². The summed E-state index contributed by atoms with van der Waals surface area (Å²) < 4.78 is 10.5. The van der Waals surface area contributed by atoms with Crippen LogP contribution in [0.3, 0.4) is 0 Å². The van der Waals surface area contributed by atoms with Crippen LogP contribution in [0.4, 0.5) is 5.82 Å². The molecule has 1 saturated heterocycles. The molecule has 0 spiro atoms. The second kappa shape index (κ2) is 9.38. The summed E-state index contributed by atoms with van der Waals surface area (Å²) in [6.07, 6.45) is 1.60. The molecule has 0 aliphatic carbocycles. The molecular weight excluding hydrogens is 386 g/mol. The van der Waals surface area contributed by atoms with Gasteiger partial charge in [-0.25, -0.2) is 9.97 Å². The zero-order valence-electron chi connectivity index (χ0n) is 17.0. The molecule has 160 valence electrons. The van der Waals surface area contributed by atoms with Crippen molar-refractivity contribution in [3.05, 3.63) is 47.4 Å². The number of nitrogens with one attached hydrogen (secondary N) is 2. The molecule has 0 saturated carbocycles. The molecule has 0 radical (unpaired) electrons. The number of fused-ring (bicyclic) bond motifs is 1. The van der Waals surface area contributed by atoms with Crippen molar-refractivity contribution in [2.45, 2.75) is 25.1 Å². The van der Waals surface area contributed by atoms with E-state index in [0.29, 0.717) is 25.6 Å². The highest BCUT2D eigenvalue weighted by Gasteiger charge is 2.25. The van der Waals surface area contributed by atoms with Crippen molar-refractivity contribution in [3.63, 3.8) is 0 Å². The summed E-state index contributed by atoms with van der Waals surface area (Å²) >= 11 is 0. The number of aliphatic hydroxyl groups is 1. The SMILES string of the molecule is COc1c(NC2COC2)ncnc1C(=O)NC[C@H](O)CN1CCc2ccccc2C1. The molecule has 0 unspecified atom stereocenters. The van der Waals surface area contributed by atoms with E-state index in [1.54, 1.807) is 0 Å². The Morgan fingerprint density at radius 3 is 2.87 bits per heavy atom. The van der Waals surface area contributed by atoms with Gasteiger partial charge in [0.2, 0.25) is 0 Å². The van der Waals surface area contributed by atoms with Gasteiger partial charge in [-0.1, -0.05) is 24.3 Å². The lowest BCUT2D eigenvalue weighted by atomic mass is 10.00. The molecule has 0 bridgehead atoms. The highest BCUT2D eigenvalue weighted by Crippen LogP contribution is 2.26. The third-order valence-corrected chi connectivity index (χ3v) is 5.38. The van der Waals surface area contributed by atoms with Crippen molar-refractivity contribution in [3.8, 4) is 5.75 Å². The Morgan fingerprint density at radius 2 is 2.13 bits per heavy atom. The standard InChI is InChI=1S/C21H27N5O4/c1-29-19-18(23-13-24-20(19)25-16-11-30-12-16)21(28)22-8-17(27)10-26-7-6-14-4-2-3-5-15(14)9-26/h2-5,13,16-17,27H,6-12H2,1H3,(H,22,28)(H,23,24,25)/t17-/m0/s1. The van der Waals surface area contributed by atoms with E-state index in [1.807, 2.05) is 6.07 Å². The zero-order chi connectivity index (χ0) is 20.9. The van der Waals surface area contributed by atoms with Crippen LogP contribution in [0.25, 0.3) is 0 Å². The first-order valence-corrected chi connectivity index (χ1v) is 10.1. The maximum absolute atomic E-state index is 12.6. The number of amides is 1. The number of hydrogen-bond acceptors (Lipinski definition) is 8. The van der Waals surface area contributed by atoms with Crippen LogP contribution in [0.15, 0.2) is 30.6 Å². The molecule has 1 aromatic carbocycles. The summed E-state index contributed by atoms with van der Waals surface area (Å²) in [7, 11) is 1.47. The summed E-state index contributed by atoms with van der Waals surface area (Å²) in [5.41, 5.74) is 2.79. The van der Waals surface area contributed by atoms with Crippen molar-refractivity contribution in [1.82, 2.24) is 20.2 Å². The highest BCUT2D eigenvalue weighted by atomic mass is 16.5. The highest BCUT2D eigenvalue weighted by molar-refractivity contribution is 5.96. The van der Waals surface area contributed by atoms with Gasteiger partial charge in [-0.2, -0.15) is 0 Å². The fourth-order valence-corrected chi connectivity index (χ4v) is 3.71. The molecule has 2 aliphatic rings. The summed E-state index contributed by atoms with van der Waals surface area (Å²) in [4.78, 5) is 23.1. The molecule has 9 nitrogen and oxygen atoms in total. The molecule has 2 aromatic rings. The molecule has 3 N–H and O–H groups in total. The van der Waals surface area contributed by atoms with Gasteiger partial charge in [0.15, 0.2) is 17.3 Å². The van der Waals surface area contributed by atoms with Crippen LogP contribution in [0.1, 0.15) is 21.6 Å². The molecular formula is C21H27N5O4. The first-order valence-electron chi connectivity index (χ1n) is 10.1. The van der Waals surface area contributed by atoms with Crippen LogP contribution in [-0.4, -0.2) is 78.0 Å². The van der Waals surface area contributed by atoms with E-state index in [2.05, 4.69) is 43.7 Å². The lowest BCUT2D eigenvalue weighted by Crippen LogP contribution is -2.42. The minimum atomic E-state index is -0.684. The van der Waals surface area contributed by atoms with Crippen LogP contribution < -0.4 is 15.4 Å². The van der Waals surface area contributed by atoms with Gasteiger partial charge in [0.1, 0.15) is 6.33 Å². The number of methoxy groups -OCH3 is 1. The fraction of sp³-hybridized carbons (Fsp3) is 0.476. The molecule has 9 heteroatoms. The van der Waals surface area contributed by atoms with Crippen LogP contribution in [0.2, 0.25) is 0 Å². The molecule has 1 fully saturated rings. The molecule has 2 aliphatic heterocycles. The maximum Gasteiger partial charge on any atom is 0.274 e. The van der Waals surface area contributed by atoms with Crippen molar-refractivity contribution >= 4 is 11.7 Å². The third-order valence-electron chi connectivity index (χ3n) is 5.38. The smallest absolute Gasteiger partial charge is 0.274 e. The van der Waals surface area contributed by atoms with Crippen molar-refractivity contribution in [2.24, 2.45) is 0 Å². The predicted octanol–water partition coefficient (Wildman–Crippen LogP) is 0.445. The number of aliphatic hydroxyl groups excluding tert-OH is 1. The van der Waals surface area contributed by atoms with E-state index in [0.717, 1.165) is 19.5 Å². The Bertz CT molecular complexity index is 889. The Morgan fingerprint density at radius 1 is 1.33 bits per heavy atom. The van der Waals surface area contributed by atoms with E-state index in [9.17, 15) is 9.90 Å². The minimum absolute atomic E-state index is 0.128. The molecule has 1 atom stereocenters. The van der Waals surface area contributed by atoms with E-state index >= 15 is 0 Å². The van der Waals surface area contributed by atoms with Crippen LogP contribution in [-0.2, 0) is 17.7 Å². The third kappa shape index (κ3) is 4.69. The van der Waals surface area contributed by atoms with E-state index < -0.39 is 12.0 Å². The van der Waals surface area contributed by atoms with Gasteiger partial charge in [0.05, 0.1) is 32.5 Å². The number of benzene rings is 1. The van der Waals surface area contributed by atoms with E-state index in [1.165, 1.54) is 24.6 Å². The quantitative estimate of drug-likeness (QED) is 0.572. The van der Waals surface area contributed by atoms with Crippen molar-refractivity contribution < 1.29 is 19.4 Å². The van der Waals surface area contributed by atoms with Gasteiger partial charge in [0.25, 0.3) is 5.91 Å². The Kier molecular flexibility index (Phi) is 6.41. The lowest BCUT2D eigenvalue weighted by Gasteiger charge is -2.30. The Labute approximate surface area is 175 Å². The summed E-state index contributed by atoms with van der Waals surface area (Å²) in [5, 5.41) is 16.4. The van der Waals surface area contributed by atoms with Gasteiger partial charge in [-0.3, -0.25) is 9.69 Å². The monoisotopic (exact) mass is 413 g/mol. The van der Waals surface area contributed by atoms with E-state index in [-0.39, 0.29) is 24.0 Å². The maximum atomic E-state index is 12.6. The summed E-state index contributed by atoms with van der Waals surface area (Å²) in [6, 6.07) is 8.51. The Hall–Kier alpha value is -2.75. The minimum Gasteiger partial charge on any atom is -0.491 e. The number of rotatable bonds is 8. The van der Waals surface area contributed by atoms with E-state index in [4.69, 9.17) is 9.47 Å². The molecule has 1 amide bonds. The van der Waals surface area contributed by atoms with Crippen molar-refractivity contribution in [2.75, 3.05) is 45.3 Å². The number of hydrogen-bond donors (Lipinski definition) is 3. The predicted molar refractivity (Wildman–Crippen MR) is 111 cm³/mol. The van der Waals surface area contributed by atoms with Crippen LogP contribution in [0, 0.1) is 0 Å². The largest absolute Gasteiger partial charge is 0.491 e. The van der Waals surface area contributed by atoms with Gasteiger partial charge < -0.3 is 25.2 Å². The molecule has 30 heavy (non-hydrogen) atoms. The Balaban J connectivity index is 1.31. The average Bonchev–Trinajstić information content (AvgIpc) is 2.74. The van der Waals surface area contributed by atoms with Crippen molar-refractivity contribution in [1.29, 1.82) is 0 Å². The number of nitrogens with zero attached hydrogens (tertiary/aromatic N) is 3. The number of aromatic nitrogens is 2. The number of carbonyl (C=O) groups is 1. The normalized spacial score (nSPS) is 17.5. The first kappa shape index (κ1) is 20.5. The average molecular weight is 413 g/mol.